The summed E-state index contributed by atoms with van der Waals surface area (Å²) in [5.41, 5.74) is 1.47. The first-order valence-electron chi connectivity index (χ1n) is 7.05. The number of nitrogens with one attached hydrogen (secondary N) is 1. The van der Waals surface area contributed by atoms with Crippen LogP contribution in [0.3, 0.4) is 0 Å². The molecule has 0 bridgehead atoms. The van der Waals surface area contributed by atoms with E-state index in [1.54, 1.807) is 29.8 Å². The van der Waals surface area contributed by atoms with Gasteiger partial charge in [0, 0.05) is 19.7 Å². The minimum Gasteiger partial charge on any atom is -0.395 e. The molecule has 0 saturated heterocycles. The lowest BCUT2D eigenvalue weighted by atomic mass is 10.3. The zero-order valence-corrected chi connectivity index (χ0v) is 14.0. The van der Waals surface area contributed by atoms with E-state index in [1.165, 1.54) is 24.3 Å². The van der Waals surface area contributed by atoms with Gasteiger partial charge in [-0.25, -0.2) is 0 Å². The summed E-state index contributed by atoms with van der Waals surface area (Å²) in [5.74, 6) is -1.61. The Bertz CT molecular complexity index is 1080. The molecule has 3 aromatic rings. The van der Waals surface area contributed by atoms with Crippen LogP contribution in [0.4, 0.5) is 11.6 Å². The molecule has 0 spiro atoms. The van der Waals surface area contributed by atoms with Gasteiger partial charge in [0.05, 0.1) is 16.3 Å². The molecule has 0 aliphatic heterocycles. The van der Waals surface area contributed by atoms with Crippen LogP contribution in [0.2, 0.25) is 0 Å². The van der Waals surface area contributed by atoms with Gasteiger partial charge >= 0.3 is 11.8 Å². The fourth-order valence-corrected chi connectivity index (χ4v) is 3.26. The highest BCUT2D eigenvalue weighted by Gasteiger charge is 2.17. The van der Waals surface area contributed by atoms with E-state index in [4.69, 9.17) is 4.42 Å². The van der Waals surface area contributed by atoms with E-state index in [1.807, 2.05) is 0 Å². The molecule has 0 saturated carbocycles. The Morgan fingerprint density at radius 1 is 1.32 bits per heavy atom. The van der Waals surface area contributed by atoms with Crippen molar-refractivity contribution >= 4 is 44.9 Å². The van der Waals surface area contributed by atoms with Gasteiger partial charge in [-0.15, -0.1) is 0 Å². The molecule has 0 aliphatic carbocycles. The fraction of sp³-hybridized carbons (Fsp3) is 0.133. The number of carbonyl (C=O) groups is 2. The van der Waals surface area contributed by atoms with Crippen molar-refractivity contribution in [3.63, 3.8) is 0 Å². The van der Waals surface area contributed by atoms with Gasteiger partial charge in [-0.05, 0) is 24.3 Å². The minimum absolute atomic E-state index is 0.181. The van der Waals surface area contributed by atoms with Crippen molar-refractivity contribution in [1.29, 1.82) is 0 Å². The number of furan rings is 1. The van der Waals surface area contributed by atoms with E-state index in [0.29, 0.717) is 10.5 Å². The molecule has 25 heavy (non-hydrogen) atoms. The van der Waals surface area contributed by atoms with E-state index in [9.17, 15) is 19.7 Å². The molecule has 2 aromatic heterocycles. The number of carbonyl (C=O) groups excluding carboxylic acids is 2. The molecular weight excluding hydrogens is 348 g/mol. The predicted molar refractivity (Wildman–Crippen MR) is 90.4 cm³/mol. The second-order valence-corrected chi connectivity index (χ2v) is 6.13. The lowest BCUT2D eigenvalue weighted by molar-refractivity contribution is -0.402. The van der Waals surface area contributed by atoms with Gasteiger partial charge in [0.2, 0.25) is 11.7 Å². The van der Waals surface area contributed by atoms with Gasteiger partial charge in [-0.3, -0.25) is 19.7 Å². The van der Waals surface area contributed by atoms with E-state index in [2.05, 4.69) is 10.3 Å². The zero-order chi connectivity index (χ0) is 18.1. The highest BCUT2D eigenvalue weighted by atomic mass is 32.1. The molecule has 1 aromatic carbocycles. The number of thiazole rings is 1. The molecule has 128 valence electrons. The molecule has 0 atom stereocenters. The molecule has 0 radical (unpaired) electrons. The van der Waals surface area contributed by atoms with Gasteiger partial charge in [0.15, 0.2) is 4.80 Å². The lowest BCUT2D eigenvalue weighted by Crippen LogP contribution is -2.13. The molecule has 3 rings (SSSR count). The normalized spacial score (nSPS) is 11.7. The van der Waals surface area contributed by atoms with Crippen molar-refractivity contribution in [1.82, 2.24) is 4.57 Å². The zero-order valence-electron chi connectivity index (χ0n) is 13.2. The van der Waals surface area contributed by atoms with Gasteiger partial charge in [-0.2, -0.15) is 4.99 Å². The molecule has 0 aliphatic rings. The van der Waals surface area contributed by atoms with Crippen LogP contribution >= 0.6 is 11.3 Å². The molecule has 2 heterocycles. The summed E-state index contributed by atoms with van der Waals surface area (Å²) in [6, 6.07) is 7.65. The number of hydrogen-bond donors (Lipinski definition) is 1. The Kier molecular flexibility index (Phi) is 4.19. The highest BCUT2D eigenvalue weighted by molar-refractivity contribution is 7.16. The third-order valence-electron chi connectivity index (χ3n) is 3.31. The van der Waals surface area contributed by atoms with E-state index >= 15 is 0 Å². The molecule has 0 unspecified atom stereocenters. The van der Waals surface area contributed by atoms with E-state index in [-0.39, 0.29) is 11.7 Å². The van der Waals surface area contributed by atoms with Gasteiger partial charge < -0.3 is 14.3 Å². The maximum Gasteiger partial charge on any atom is 0.433 e. The summed E-state index contributed by atoms with van der Waals surface area (Å²) in [7, 11) is 1.74. The Labute approximate surface area is 144 Å². The molecular formula is C15H12N4O5S. The second kappa shape index (κ2) is 6.32. The van der Waals surface area contributed by atoms with Gasteiger partial charge in [0.1, 0.15) is 4.92 Å². The fourth-order valence-electron chi connectivity index (χ4n) is 2.20. The van der Waals surface area contributed by atoms with Crippen molar-refractivity contribution < 1.29 is 18.9 Å². The van der Waals surface area contributed by atoms with E-state index in [0.717, 1.165) is 16.3 Å². The number of aromatic nitrogens is 1. The van der Waals surface area contributed by atoms with Crippen molar-refractivity contribution in [3.8, 4) is 0 Å². The summed E-state index contributed by atoms with van der Waals surface area (Å²) < 4.78 is 7.40. The maximum absolute atomic E-state index is 12.1. The monoisotopic (exact) mass is 360 g/mol. The summed E-state index contributed by atoms with van der Waals surface area (Å²) in [6.45, 7) is 1.42. The maximum atomic E-state index is 12.1. The predicted octanol–water partition coefficient (Wildman–Crippen LogP) is 2.44. The largest absolute Gasteiger partial charge is 0.433 e. The van der Waals surface area contributed by atoms with Crippen LogP contribution in [0, 0.1) is 10.1 Å². The topological polar surface area (TPSA) is 120 Å². The Balaban J connectivity index is 2.00. The number of nitrogens with zero attached hydrogens (tertiary/aromatic N) is 3. The number of benzene rings is 1. The van der Waals surface area contributed by atoms with Crippen molar-refractivity contribution in [2.45, 2.75) is 6.92 Å². The standard InChI is InChI=1S/C15H12N4O5S/c1-8(20)16-9-3-4-10-12(7-9)25-15(18(10)2)17-14(21)11-5-6-13(24-11)19(22)23/h3-7H,1-2H3,(H,16,20). The number of fused-ring (bicyclic) bond motifs is 1. The molecule has 2 amide bonds. The van der Waals surface area contributed by atoms with Crippen molar-refractivity contribution in [2.24, 2.45) is 12.0 Å². The number of nitro groups is 1. The third kappa shape index (κ3) is 3.33. The first-order valence-corrected chi connectivity index (χ1v) is 7.87. The number of rotatable bonds is 3. The molecule has 0 fully saturated rings. The van der Waals surface area contributed by atoms with Crippen LogP contribution < -0.4 is 10.1 Å². The smallest absolute Gasteiger partial charge is 0.395 e. The van der Waals surface area contributed by atoms with Crippen LogP contribution in [0.1, 0.15) is 17.5 Å². The summed E-state index contributed by atoms with van der Waals surface area (Å²) in [4.78, 5) is 37.5. The third-order valence-corrected chi connectivity index (χ3v) is 4.40. The first kappa shape index (κ1) is 16.6. The van der Waals surface area contributed by atoms with Crippen molar-refractivity contribution in [3.05, 3.63) is 51.0 Å². The van der Waals surface area contributed by atoms with Crippen LogP contribution in [0.5, 0.6) is 0 Å². The highest BCUT2D eigenvalue weighted by Crippen LogP contribution is 2.21. The number of hydrogen-bond acceptors (Lipinski definition) is 6. The minimum atomic E-state index is -0.722. The van der Waals surface area contributed by atoms with Gasteiger partial charge in [-0.1, -0.05) is 11.3 Å². The SMILES string of the molecule is CC(=O)Nc1ccc2c(c1)sc(=NC(=O)c1ccc([N+](=O)[O-])o1)n2C. The molecule has 1 N–H and O–H groups in total. The van der Waals surface area contributed by atoms with Crippen molar-refractivity contribution in [2.75, 3.05) is 5.32 Å². The first-order chi connectivity index (χ1) is 11.8. The lowest BCUT2D eigenvalue weighted by Gasteiger charge is -2.01. The average molecular weight is 360 g/mol. The quantitative estimate of drug-likeness (QED) is 0.568. The summed E-state index contributed by atoms with van der Waals surface area (Å²) in [6.07, 6.45) is 0. The Morgan fingerprint density at radius 3 is 2.72 bits per heavy atom. The van der Waals surface area contributed by atoms with Crippen LogP contribution in [0.15, 0.2) is 39.7 Å². The van der Waals surface area contributed by atoms with Gasteiger partial charge in [0.25, 0.3) is 0 Å². The van der Waals surface area contributed by atoms with Crippen LogP contribution in [-0.2, 0) is 11.8 Å². The van der Waals surface area contributed by atoms with Crippen LogP contribution in [0.25, 0.3) is 10.2 Å². The van der Waals surface area contributed by atoms with Crippen LogP contribution in [-0.4, -0.2) is 21.3 Å². The second-order valence-electron chi connectivity index (χ2n) is 5.12. The summed E-state index contributed by atoms with van der Waals surface area (Å²) >= 11 is 1.25. The molecule has 10 heteroatoms. The number of amides is 2. The average Bonchev–Trinajstić information content (AvgIpc) is 3.13. The van der Waals surface area contributed by atoms with E-state index < -0.39 is 16.7 Å². The molecule has 9 nitrogen and oxygen atoms in total. The Hall–Kier alpha value is -3.27. The number of aryl methyl sites for hydroxylation is 1. The number of anilines is 1. The Morgan fingerprint density at radius 2 is 2.08 bits per heavy atom. The summed E-state index contributed by atoms with van der Waals surface area (Å²) in [5, 5.41) is 13.3.